The summed E-state index contributed by atoms with van der Waals surface area (Å²) in [5.41, 5.74) is 0.750. The highest BCUT2D eigenvalue weighted by atomic mass is 35.5. The van der Waals surface area contributed by atoms with Crippen molar-refractivity contribution in [2.75, 3.05) is 0 Å². The predicted molar refractivity (Wildman–Crippen MR) is 83.3 cm³/mol. The number of nitrogens with one attached hydrogen (secondary N) is 3. The van der Waals surface area contributed by atoms with Gasteiger partial charge in [0.1, 0.15) is 5.69 Å². The molecule has 0 unspecified atom stereocenters. The van der Waals surface area contributed by atoms with E-state index in [2.05, 4.69) is 20.5 Å². The first-order chi connectivity index (χ1) is 10.5. The van der Waals surface area contributed by atoms with Gasteiger partial charge in [-0.05, 0) is 18.2 Å². The highest BCUT2D eigenvalue weighted by Gasteiger charge is 2.12. The maximum Gasteiger partial charge on any atom is 0.343 e. The van der Waals surface area contributed by atoms with Crippen molar-refractivity contribution in [1.82, 2.24) is 25.1 Å². The Morgan fingerprint density at radius 2 is 2.05 bits per heavy atom. The van der Waals surface area contributed by atoms with E-state index < -0.39 is 0 Å². The zero-order valence-corrected chi connectivity index (χ0v) is 12.9. The van der Waals surface area contributed by atoms with Crippen molar-refractivity contribution in [3.63, 3.8) is 0 Å². The molecule has 0 spiro atoms. The summed E-state index contributed by atoms with van der Waals surface area (Å²) in [7, 11) is 1.57. The van der Waals surface area contributed by atoms with Crippen molar-refractivity contribution in [2.24, 2.45) is 7.05 Å². The maximum atomic E-state index is 12.1. The minimum Gasteiger partial charge on any atom is -0.350 e. The van der Waals surface area contributed by atoms with E-state index in [-0.39, 0.29) is 18.1 Å². The van der Waals surface area contributed by atoms with Gasteiger partial charge in [-0.15, -0.1) is 0 Å². The van der Waals surface area contributed by atoms with Crippen molar-refractivity contribution < 1.29 is 4.79 Å². The molecule has 3 rings (SSSR count). The molecule has 3 aromatic rings. The summed E-state index contributed by atoms with van der Waals surface area (Å²) >= 11 is 11.9. The lowest BCUT2D eigenvalue weighted by molar-refractivity contribution is 0.0945. The molecule has 3 N–H and O–H groups in total. The van der Waals surface area contributed by atoms with Gasteiger partial charge in [0.25, 0.3) is 5.91 Å². The van der Waals surface area contributed by atoms with E-state index in [1.54, 1.807) is 25.2 Å². The molecule has 0 saturated heterocycles. The second kappa shape index (κ2) is 5.51. The van der Waals surface area contributed by atoms with Gasteiger partial charge >= 0.3 is 5.69 Å². The largest absolute Gasteiger partial charge is 0.350 e. The van der Waals surface area contributed by atoms with Crippen molar-refractivity contribution >= 4 is 40.0 Å². The lowest BCUT2D eigenvalue weighted by atomic mass is 10.2. The van der Waals surface area contributed by atoms with Crippen LogP contribution in [0.4, 0.5) is 0 Å². The number of amides is 1. The molecule has 2 aromatic heterocycles. The number of benzene rings is 1. The number of hydrogen-bond acceptors (Lipinski definition) is 3. The summed E-state index contributed by atoms with van der Waals surface area (Å²) in [6.07, 6.45) is 0. The van der Waals surface area contributed by atoms with E-state index in [0.29, 0.717) is 27.1 Å². The Morgan fingerprint density at radius 1 is 1.32 bits per heavy atom. The third-order valence-corrected chi connectivity index (χ3v) is 4.01. The Bertz CT molecular complexity index is 885. The Balaban J connectivity index is 1.80. The molecule has 7 nitrogen and oxygen atoms in total. The molecule has 1 amide bonds. The summed E-state index contributed by atoms with van der Waals surface area (Å²) in [6.45, 7) is 0.130. The van der Waals surface area contributed by atoms with Crippen LogP contribution >= 0.6 is 23.2 Å². The summed E-state index contributed by atoms with van der Waals surface area (Å²) in [6, 6.07) is 5.02. The smallest absolute Gasteiger partial charge is 0.343 e. The predicted octanol–water partition coefficient (Wildman–Crippen LogP) is 1.83. The number of nitrogens with zero attached hydrogens (tertiary/aromatic N) is 2. The van der Waals surface area contributed by atoms with Crippen LogP contribution in [0.25, 0.3) is 10.9 Å². The number of fused-ring (bicyclic) bond motifs is 1. The van der Waals surface area contributed by atoms with Gasteiger partial charge < -0.3 is 10.3 Å². The molecule has 0 radical (unpaired) electrons. The Hall–Kier alpha value is -2.25. The van der Waals surface area contributed by atoms with E-state index in [1.807, 2.05) is 0 Å². The molecule has 2 heterocycles. The Kier molecular flexibility index (Phi) is 3.67. The third kappa shape index (κ3) is 2.60. The van der Waals surface area contributed by atoms with Gasteiger partial charge in [0.2, 0.25) is 0 Å². The molecule has 0 fully saturated rings. The summed E-state index contributed by atoms with van der Waals surface area (Å²) < 4.78 is 1.32. The first kappa shape index (κ1) is 14.7. The topological polar surface area (TPSA) is 95.6 Å². The average molecular weight is 340 g/mol. The lowest BCUT2D eigenvalue weighted by Crippen LogP contribution is -2.26. The summed E-state index contributed by atoms with van der Waals surface area (Å²) in [5, 5.41) is 10.4. The molecule has 0 aliphatic rings. The lowest BCUT2D eigenvalue weighted by Gasteiger charge is -2.02. The van der Waals surface area contributed by atoms with Gasteiger partial charge in [-0.25, -0.2) is 9.89 Å². The van der Waals surface area contributed by atoms with Crippen LogP contribution in [0.2, 0.25) is 10.0 Å². The van der Waals surface area contributed by atoms with E-state index >= 15 is 0 Å². The first-order valence-corrected chi connectivity index (χ1v) is 7.07. The zero-order chi connectivity index (χ0) is 15.9. The molecule has 0 bridgehead atoms. The fraction of sp³-hybridized carbons (Fsp3) is 0.154. The van der Waals surface area contributed by atoms with Crippen LogP contribution in [0.5, 0.6) is 0 Å². The van der Waals surface area contributed by atoms with Gasteiger partial charge in [0.05, 0.1) is 16.6 Å². The molecule has 9 heteroatoms. The molecular weight excluding hydrogens is 329 g/mol. The van der Waals surface area contributed by atoms with Crippen molar-refractivity contribution in [3.05, 3.63) is 50.2 Å². The van der Waals surface area contributed by atoms with Crippen LogP contribution in [0.1, 0.15) is 16.3 Å². The number of carbonyl (C=O) groups excluding carboxylic acids is 1. The third-order valence-electron chi connectivity index (χ3n) is 3.29. The molecule has 114 valence electrons. The van der Waals surface area contributed by atoms with Crippen molar-refractivity contribution in [1.29, 1.82) is 0 Å². The first-order valence-electron chi connectivity index (χ1n) is 6.32. The van der Waals surface area contributed by atoms with Crippen LogP contribution in [0.3, 0.4) is 0 Å². The second-order valence-corrected chi connectivity index (χ2v) is 5.54. The minimum atomic E-state index is -0.334. The summed E-state index contributed by atoms with van der Waals surface area (Å²) in [4.78, 5) is 26.3. The Morgan fingerprint density at radius 3 is 2.73 bits per heavy atom. The van der Waals surface area contributed by atoms with Gasteiger partial charge in [-0.1, -0.05) is 23.2 Å². The van der Waals surface area contributed by atoms with Crippen LogP contribution in [0.15, 0.2) is 23.0 Å². The maximum absolute atomic E-state index is 12.1. The number of H-pyrrole nitrogens is 2. The standard InChI is InChI=1S/C13H11Cl2N5O2/c1-20-11(18-19-13(20)22)5-16-12(21)10-3-6-2-7(14)8(15)4-9(6)17-10/h2-4,17H,5H2,1H3,(H,16,21)(H,19,22). The van der Waals surface area contributed by atoms with E-state index in [1.165, 1.54) is 4.57 Å². The van der Waals surface area contributed by atoms with Crippen molar-refractivity contribution in [2.45, 2.75) is 6.54 Å². The molecule has 0 atom stereocenters. The molecule has 1 aromatic carbocycles. The van der Waals surface area contributed by atoms with Crippen LogP contribution < -0.4 is 11.0 Å². The van der Waals surface area contributed by atoms with Gasteiger partial charge in [0, 0.05) is 18.0 Å². The number of aromatic nitrogens is 4. The van der Waals surface area contributed by atoms with E-state index in [0.717, 1.165) is 5.39 Å². The molecule has 0 saturated carbocycles. The molecule has 0 aliphatic heterocycles. The minimum absolute atomic E-state index is 0.130. The quantitative estimate of drug-likeness (QED) is 0.679. The average Bonchev–Trinajstić information content (AvgIpc) is 3.02. The molecule has 22 heavy (non-hydrogen) atoms. The molecule has 0 aliphatic carbocycles. The van der Waals surface area contributed by atoms with Gasteiger partial charge in [0.15, 0.2) is 5.82 Å². The monoisotopic (exact) mass is 339 g/mol. The van der Waals surface area contributed by atoms with E-state index in [9.17, 15) is 9.59 Å². The van der Waals surface area contributed by atoms with E-state index in [4.69, 9.17) is 23.2 Å². The molecular formula is C13H11Cl2N5O2. The fourth-order valence-electron chi connectivity index (χ4n) is 2.04. The second-order valence-electron chi connectivity index (χ2n) is 4.72. The number of aromatic amines is 2. The Labute approximate surface area is 134 Å². The van der Waals surface area contributed by atoms with Crippen LogP contribution in [-0.4, -0.2) is 25.7 Å². The number of rotatable bonds is 3. The SMILES string of the molecule is Cn1c(CNC(=O)c2cc3cc(Cl)c(Cl)cc3[nH]2)n[nH]c1=O. The van der Waals surface area contributed by atoms with Gasteiger partial charge in [-0.2, -0.15) is 5.10 Å². The number of carbonyl (C=O) groups is 1. The highest BCUT2D eigenvalue weighted by molar-refractivity contribution is 6.42. The fourth-order valence-corrected chi connectivity index (χ4v) is 2.38. The van der Waals surface area contributed by atoms with Gasteiger partial charge in [-0.3, -0.25) is 9.36 Å². The summed E-state index contributed by atoms with van der Waals surface area (Å²) in [5.74, 6) is 0.111. The zero-order valence-electron chi connectivity index (χ0n) is 11.4. The number of hydrogen-bond donors (Lipinski definition) is 3. The number of halogens is 2. The van der Waals surface area contributed by atoms with Crippen LogP contribution in [-0.2, 0) is 13.6 Å². The highest BCUT2D eigenvalue weighted by Crippen LogP contribution is 2.28. The normalized spacial score (nSPS) is 11.0. The van der Waals surface area contributed by atoms with Crippen LogP contribution in [0, 0.1) is 0 Å². The van der Waals surface area contributed by atoms with Crippen molar-refractivity contribution in [3.8, 4) is 0 Å².